The Kier molecular flexibility index (Phi) is 7.36. The molecule has 0 saturated carbocycles. The van der Waals surface area contributed by atoms with E-state index in [2.05, 4.69) is 10.4 Å². The maximum Gasteiger partial charge on any atom is 0.257 e. The summed E-state index contributed by atoms with van der Waals surface area (Å²) in [5, 5.41) is 9.47. The average Bonchev–Trinajstić information content (AvgIpc) is 3.47. The van der Waals surface area contributed by atoms with Crippen LogP contribution in [0, 0.1) is 6.92 Å². The molecule has 0 spiro atoms. The lowest BCUT2D eigenvalue weighted by atomic mass is 10.0. The second-order valence-electron chi connectivity index (χ2n) is 8.20. The number of para-hydroxylation sites is 1. The van der Waals surface area contributed by atoms with Crippen molar-refractivity contribution in [3.63, 3.8) is 0 Å². The lowest BCUT2D eigenvalue weighted by Gasteiger charge is -2.23. The second kappa shape index (κ2) is 10.4. The molecule has 1 unspecified atom stereocenters. The number of rotatable bonds is 7. The summed E-state index contributed by atoms with van der Waals surface area (Å²) >= 11 is 12.2. The number of nitrogens with one attached hydrogen (secondary N) is 1. The van der Waals surface area contributed by atoms with Gasteiger partial charge < -0.3 is 9.73 Å². The number of anilines is 1. The molecule has 34 heavy (non-hydrogen) atoms. The van der Waals surface area contributed by atoms with Crippen LogP contribution in [0.25, 0.3) is 0 Å². The first-order valence-corrected chi connectivity index (χ1v) is 11.5. The van der Waals surface area contributed by atoms with Crippen molar-refractivity contribution in [2.45, 2.75) is 19.4 Å². The van der Waals surface area contributed by atoms with Crippen molar-refractivity contribution in [1.29, 1.82) is 0 Å². The van der Waals surface area contributed by atoms with Crippen molar-refractivity contribution in [1.82, 2.24) is 9.91 Å². The molecule has 2 amide bonds. The summed E-state index contributed by atoms with van der Waals surface area (Å²) in [6.45, 7) is 1.99. The molecule has 0 saturated heterocycles. The zero-order chi connectivity index (χ0) is 24.2. The largest absolute Gasteiger partial charge is 0.467 e. The van der Waals surface area contributed by atoms with Crippen LogP contribution in [0.1, 0.15) is 29.3 Å². The molecule has 1 atom stereocenters. The maximum absolute atomic E-state index is 13.2. The molecular formula is C25H24Cl2N4O3. The van der Waals surface area contributed by atoms with Gasteiger partial charge >= 0.3 is 0 Å². The third kappa shape index (κ3) is 5.50. The van der Waals surface area contributed by atoms with Gasteiger partial charge in [-0.15, -0.1) is 0 Å². The zero-order valence-corrected chi connectivity index (χ0v) is 20.3. The molecule has 3 aromatic rings. The van der Waals surface area contributed by atoms with Crippen LogP contribution in [0.4, 0.5) is 5.69 Å². The van der Waals surface area contributed by atoms with E-state index >= 15 is 0 Å². The fraction of sp³-hybridized carbons (Fsp3) is 0.240. The first kappa shape index (κ1) is 24.0. The first-order valence-electron chi connectivity index (χ1n) is 10.7. The number of halogens is 2. The lowest BCUT2D eigenvalue weighted by molar-refractivity contribution is -0.134. The second-order valence-corrected chi connectivity index (χ2v) is 9.02. The first-order chi connectivity index (χ1) is 16.3. The zero-order valence-electron chi connectivity index (χ0n) is 18.8. The van der Waals surface area contributed by atoms with E-state index in [0.717, 1.165) is 16.8 Å². The number of benzene rings is 2. The topological polar surface area (TPSA) is 78.2 Å². The van der Waals surface area contributed by atoms with E-state index in [4.69, 9.17) is 27.6 Å². The Hall–Kier alpha value is -3.13. The molecule has 0 bridgehead atoms. The maximum atomic E-state index is 13.2. The van der Waals surface area contributed by atoms with Gasteiger partial charge in [-0.1, -0.05) is 59.1 Å². The highest BCUT2D eigenvalue weighted by atomic mass is 35.5. The van der Waals surface area contributed by atoms with Crippen molar-refractivity contribution in [2.75, 3.05) is 25.5 Å². The van der Waals surface area contributed by atoms with Crippen LogP contribution in [-0.4, -0.2) is 47.6 Å². The Morgan fingerprint density at radius 3 is 2.44 bits per heavy atom. The summed E-state index contributed by atoms with van der Waals surface area (Å²) in [4.78, 5) is 27.3. The van der Waals surface area contributed by atoms with Gasteiger partial charge in [-0.25, -0.2) is 5.01 Å². The molecule has 9 heteroatoms. The minimum Gasteiger partial charge on any atom is -0.467 e. The van der Waals surface area contributed by atoms with Gasteiger partial charge in [-0.3, -0.25) is 14.5 Å². The third-order valence-corrected chi connectivity index (χ3v) is 6.10. The Labute approximate surface area is 207 Å². The Morgan fingerprint density at radius 2 is 1.79 bits per heavy atom. The molecule has 0 radical (unpaired) electrons. The predicted molar refractivity (Wildman–Crippen MR) is 133 cm³/mol. The van der Waals surface area contributed by atoms with Gasteiger partial charge in [0.25, 0.3) is 5.91 Å². The van der Waals surface area contributed by atoms with Crippen molar-refractivity contribution in [2.24, 2.45) is 5.10 Å². The van der Waals surface area contributed by atoms with Gasteiger partial charge in [0.05, 0.1) is 40.8 Å². The van der Waals surface area contributed by atoms with E-state index in [0.29, 0.717) is 27.9 Å². The molecule has 1 N–H and O–H groups in total. The van der Waals surface area contributed by atoms with Gasteiger partial charge in [0.2, 0.25) is 5.91 Å². The minimum atomic E-state index is -0.344. The average molecular weight is 499 g/mol. The van der Waals surface area contributed by atoms with E-state index in [-0.39, 0.29) is 30.9 Å². The fourth-order valence-corrected chi connectivity index (χ4v) is 4.26. The van der Waals surface area contributed by atoms with Crippen molar-refractivity contribution in [3.8, 4) is 0 Å². The summed E-state index contributed by atoms with van der Waals surface area (Å²) in [5.41, 5.74) is 3.27. The molecular weight excluding hydrogens is 475 g/mol. The van der Waals surface area contributed by atoms with Gasteiger partial charge in [0, 0.05) is 6.42 Å². The lowest BCUT2D eigenvalue weighted by Crippen LogP contribution is -2.39. The molecule has 1 aliphatic rings. The smallest absolute Gasteiger partial charge is 0.257 e. The van der Waals surface area contributed by atoms with Gasteiger partial charge in [0.1, 0.15) is 11.8 Å². The quantitative estimate of drug-likeness (QED) is 0.488. The van der Waals surface area contributed by atoms with Crippen LogP contribution < -0.4 is 5.32 Å². The fourth-order valence-electron chi connectivity index (χ4n) is 3.76. The molecule has 176 valence electrons. The van der Waals surface area contributed by atoms with Crippen LogP contribution in [0.3, 0.4) is 0 Å². The highest BCUT2D eigenvalue weighted by Crippen LogP contribution is 2.33. The van der Waals surface area contributed by atoms with Crippen molar-refractivity contribution < 1.29 is 14.0 Å². The molecule has 4 rings (SSSR count). The highest BCUT2D eigenvalue weighted by molar-refractivity contribution is 6.39. The number of aryl methyl sites for hydroxylation is 1. The summed E-state index contributed by atoms with van der Waals surface area (Å²) in [5.74, 6) is 0.0840. The normalized spacial score (nSPS) is 15.5. The molecule has 1 aromatic heterocycles. The van der Waals surface area contributed by atoms with Crippen LogP contribution >= 0.6 is 23.2 Å². The van der Waals surface area contributed by atoms with E-state index in [1.165, 1.54) is 5.01 Å². The van der Waals surface area contributed by atoms with E-state index < -0.39 is 0 Å². The van der Waals surface area contributed by atoms with Crippen LogP contribution in [0.5, 0.6) is 0 Å². The third-order valence-electron chi connectivity index (χ3n) is 5.47. The number of furan rings is 1. The van der Waals surface area contributed by atoms with Crippen molar-refractivity contribution >= 4 is 46.4 Å². The summed E-state index contributed by atoms with van der Waals surface area (Å²) in [7, 11) is 1.69. The number of likely N-dealkylation sites (N-methyl/N-ethyl adjacent to an activating group) is 1. The highest BCUT2D eigenvalue weighted by Gasteiger charge is 2.35. The Balaban J connectivity index is 1.45. The van der Waals surface area contributed by atoms with Crippen LogP contribution in [0.2, 0.25) is 10.0 Å². The van der Waals surface area contributed by atoms with E-state index in [1.54, 1.807) is 42.5 Å². The monoisotopic (exact) mass is 498 g/mol. The Morgan fingerprint density at radius 1 is 1.09 bits per heavy atom. The number of amides is 2. The standard InChI is InChI=1S/C25H24Cl2N4O3/c1-16-8-10-17(11-9-16)20-13-21(22-7-4-12-34-22)31(29-20)24(33)15-30(2)14-23(32)28-25-18(26)5-3-6-19(25)27/h3-12,21H,13-15H2,1-2H3,(H,28,32). The summed E-state index contributed by atoms with van der Waals surface area (Å²) < 4.78 is 5.59. The Bertz CT molecular complexity index is 1190. The van der Waals surface area contributed by atoms with E-state index in [1.807, 2.05) is 37.3 Å². The van der Waals surface area contributed by atoms with Gasteiger partial charge in [-0.05, 0) is 43.8 Å². The number of hydrogen-bond donors (Lipinski definition) is 1. The molecule has 0 aliphatic carbocycles. The molecule has 7 nitrogen and oxygen atoms in total. The summed E-state index contributed by atoms with van der Waals surface area (Å²) in [6, 6.07) is 16.3. The summed E-state index contributed by atoms with van der Waals surface area (Å²) in [6.07, 6.45) is 2.12. The van der Waals surface area contributed by atoms with Gasteiger partial charge in [-0.2, -0.15) is 5.10 Å². The SMILES string of the molecule is Cc1ccc(C2=NN(C(=O)CN(C)CC(=O)Nc3c(Cl)cccc3Cl)C(c3ccco3)C2)cc1. The minimum absolute atomic E-state index is 0.00837. The molecule has 1 aliphatic heterocycles. The predicted octanol–water partition coefficient (Wildman–Crippen LogP) is 5.14. The van der Waals surface area contributed by atoms with Gasteiger partial charge in [0.15, 0.2) is 0 Å². The van der Waals surface area contributed by atoms with Crippen molar-refractivity contribution in [3.05, 3.63) is 87.8 Å². The molecule has 2 aromatic carbocycles. The van der Waals surface area contributed by atoms with E-state index in [9.17, 15) is 9.59 Å². The number of nitrogens with zero attached hydrogens (tertiary/aromatic N) is 3. The number of hydrazone groups is 1. The van der Waals surface area contributed by atoms with Crippen LogP contribution in [0.15, 0.2) is 70.4 Å². The molecule has 0 fully saturated rings. The number of carbonyl (C=O) groups excluding carboxylic acids is 2. The number of hydrogen-bond acceptors (Lipinski definition) is 5. The number of carbonyl (C=O) groups is 2. The molecule has 2 heterocycles. The van der Waals surface area contributed by atoms with Crippen LogP contribution in [-0.2, 0) is 9.59 Å².